The highest BCUT2D eigenvalue weighted by atomic mass is 14.3. The van der Waals surface area contributed by atoms with Crippen molar-refractivity contribution in [2.75, 3.05) is 0 Å². The maximum atomic E-state index is 8.66. The fraction of sp³-hybridized carbons (Fsp3) is 0.727. The molecule has 68 valence electrons. The van der Waals surface area contributed by atoms with Gasteiger partial charge in [0.25, 0.3) is 0 Å². The van der Waals surface area contributed by atoms with Crippen LogP contribution < -0.4 is 0 Å². The molecule has 0 saturated heterocycles. The lowest BCUT2D eigenvalue weighted by Gasteiger charge is -2.03. The van der Waals surface area contributed by atoms with Gasteiger partial charge >= 0.3 is 0 Å². The molecule has 1 heteroatoms. The van der Waals surface area contributed by atoms with Crippen molar-refractivity contribution in [1.29, 1.82) is 5.26 Å². The Morgan fingerprint density at radius 1 is 1.42 bits per heavy atom. The molecule has 0 aromatic heterocycles. The highest BCUT2D eigenvalue weighted by Crippen LogP contribution is 2.12. The summed E-state index contributed by atoms with van der Waals surface area (Å²) in [5.41, 5.74) is 0. The van der Waals surface area contributed by atoms with Crippen LogP contribution in [0.1, 0.15) is 45.4 Å². The summed E-state index contributed by atoms with van der Waals surface area (Å²) in [7, 11) is 0. The average molecular weight is 165 g/mol. The van der Waals surface area contributed by atoms with Crippen LogP contribution in [-0.2, 0) is 0 Å². The summed E-state index contributed by atoms with van der Waals surface area (Å²) >= 11 is 0. The van der Waals surface area contributed by atoms with Crippen molar-refractivity contribution >= 4 is 0 Å². The van der Waals surface area contributed by atoms with Gasteiger partial charge in [0.1, 0.15) is 0 Å². The minimum absolute atomic E-state index is 0.286. The van der Waals surface area contributed by atoms with Crippen molar-refractivity contribution < 1.29 is 0 Å². The van der Waals surface area contributed by atoms with E-state index in [1.165, 1.54) is 19.3 Å². The molecule has 0 aliphatic heterocycles. The number of hydrogen-bond acceptors (Lipinski definition) is 1. The van der Waals surface area contributed by atoms with Crippen LogP contribution in [0.15, 0.2) is 12.7 Å². The van der Waals surface area contributed by atoms with Gasteiger partial charge in [-0.05, 0) is 25.7 Å². The molecule has 1 unspecified atom stereocenters. The molecule has 0 fully saturated rings. The van der Waals surface area contributed by atoms with Crippen molar-refractivity contribution in [3.05, 3.63) is 12.7 Å². The summed E-state index contributed by atoms with van der Waals surface area (Å²) in [4.78, 5) is 0. The van der Waals surface area contributed by atoms with E-state index in [4.69, 9.17) is 5.26 Å². The maximum absolute atomic E-state index is 8.66. The lowest BCUT2D eigenvalue weighted by atomic mass is 10.00. The molecule has 0 amide bonds. The molecule has 0 spiro atoms. The number of hydrogen-bond donors (Lipinski definition) is 0. The molecule has 0 aliphatic carbocycles. The first-order valence-electron chi connectivity index (χ1n) is 4.85. The van der Waals surface area contributed by atoms with Crippen molar-refractivity contribution in [3.63, 3.8) is 0 Å². The quantitative estimate of drug-likeness (QED) is 0.417. The number of rotatable bonds is 7. The molecule has 1 nitrogen and oxygen atoms in total. The molecular formula is C11H19N. The second-order valence-corrected chi connectivity index (χ2v) is 3.16. The summed E-state index contributed by atoms with van der Waals surface area (Å²) in [6.07, 6.45) is 8.81. The van der Waals surface area contributed by atoms with Crippen molar-refractivity contribution in [2.45, 2.75) is 45.4 Å². The van der Waals surface area contributed by atoms with Crippen LogP contribution in [0.4, 0.5) is 0 Å². The van der Waals surface area contributed by atoms with Crippen LogP contribution in [0, 0.1) is 17.2 Å². The van der Waals surface area contributed by atoms with E-state index in [2.05, 4.69) is 19.6 Å². The fourth-order valence-corrected chi connectivity index (χ4v) is 1.22. The molecule has 0 radical (unpaired) electrons. The molecule has 0 aromatic carbocycles. The predicted octanol–water partition coefficient (Wildman–Crippen LogP) is 3.67. The SMILES string of the molecule is C=CCCCCCC(C#N)CC. The van der Waals surface area contributed by atoms with E-state index in [1.54, 1.807) is 0 Å². The molecule has 0 heterocycles. The maximum Gasteiger partial charge on any atom is 0.0655 e. The highest BCUT2D eigenvalue weighted by molar-refractivity contribution is 4.80. The molecule has 0 bridgehead atoms. The molecule has 0 saturated carbocycles. The summed E-state index contributed by atoms with van der Waals surface area (Å²) in [5, 5.41) is 8.66. The molecule has 12 heavy (non-hydrogen) atoms. The number of unbranched alkanes of at least 4 members (excludes halogenated alkanes) is 3. The van der Waals surface area contributed by atoms with Gasteiger partial charge in [-0.2, -0.15) is 5.26 Å². The van der Waals surface area contributed by atoms with E-state index < -0.39 is 0 Å². The first-order chi connectivity index (χ1) is 5.85. The third-order valence-electron chi connectivity index (χ3n) is 2.14. The Morgan fingerprint density at radius 2 is 2.17 bits per heavy atom. The summed E-state index contributed by atoms with van der Waals surface area (Å²) < 4.78 is 0. The zero-order chi connectivity index (χ0) is 9.23. The van der Waals surface area contributed by atoms with Gasteiger partial charge in [0.15, 0.2) is 0 Å². The number of nitriles is 1. The van der Waals surface area contributed by atoms with Crippen LogP contribution in [0.2, 0.25) is 0 Å². The van der Waals surface area contributed by atoms with Crippen LogP contribution in [-0.4, -0.2) is 0 Å². The lowest BCUT2D eigenvalue weighted by Crippen LogP contribution is -1.93. The smallest absolute Gasteiger partial charge is 0.0655 e. The Kier molecular flexibility index (Phi) is 7.79. The van der Waals surface area contributed by atoms with Crippen molar-refractivity contribution in [1.82, 2.24) is 0 Å². The van der Waals surface area contributed by atoms with E-state index in [9.17, 15) is 0 Å². The standard InChI is InChI=1S/C11H19N/c1-3-5-6-7-8-9-11(4-2)10-12/h3,11H,1,4-9H2,2H3. The topological polar surface area (TPSA) is 23.8 Å². The Hall–Kier alpha value is -0.770. The van der Waals surface area contributed by atoms with E-state index in [1.807, 2.05) is 6.08 Å². The molecular weight excluding hydrogens is 146 g/mol. The van der Waals surface area contributed by atoms with Crippen LogP contribution >= 0.6 is 0 Å². The zero-order valence-corrected chi connectivity index (χ0v) is 8.05. The van der Waals surface area contributed by atoms with Crippen LogP contribution in [0.25, 0.3) is 0 Å². The second-order valence-electron chi connectivity index (χ2n) is 3.16. The fourth-order valence-electron chi connectivity index (χ4n) is 1.22. The van der Waals surface area contributed by atoms with E-state index >= 15 is 0 Å². The summed E-state index contributed by atoms with van der Waals surface area (Å²) in [5.74, 6) is 0.286. The number of allylic oxidation sites excluding steroid dienone is 1. The van der Waals surface area contributed by atoms with E-state index in [0.29, 0.717) is 0 Å². The average Bonchev–Trinajstić information content (AvgIpc) is 2.11. The van der Waals surface area contributed by atoms with Crippen LogP contribution in [0.3, 0.4) is 0 Å². The molecule has 0 rings (SSSR count). The monoisotopic (exact) mass is 165 g/mol. The van der Waals surface area contributed by atoms with E-state index in [-0.39, 0.29) is 5.92 Å². The van der Waals surface area contributed by atoms with Gasteiger partial charge in [0.2, 0.25) is 0 Å². The molecule has 1 atom stereocenters. The largest absolute Gasteiger partial charge is 0.198 e. The molecule has 0 aliphatic rings. The normalized spacial score (nSPS) is 12.0. The summed E-state index contributed by atoms with van der Waals surface area (Å²) in [6.45, 7) is 5.75. The van der Waals surface area contributed by atoms with Gasteiger partial charge < -0.3 is 0 Å². The van der Waals surface area contributed by atoms with Gasteiger partial charge in [-0.15, -0.1) is 6.58 Å². The minimum Gasteiger partial charge on any atom is -0.198 e. The molecule has 0 N–H and O–H groups in total. The Bertz CT molecular complexity index is 144. The van der Waals surface area contributed by atoms with Gasteiger partial charge in [-0.25, -0.2) is 0 Å². The van der Waals surface area contributed by atoms with Crippen molar-refractivity contribution in [3.8, 4) is 6.07 Å². The van der Waals surface area contributed by atoms with Gasteiger partial charge in [-0.3, -0.25) is 0 Å². The van der Waals surface area contributed by atoms with E-state index in [0.717, 1.165) is 19.3 Å². The Morgan fingerprint density at radius 3 is 2.67 bits per heavy atom. The first-order valence-corrected chi connectivity index (χ1v) is 4.85. The van der Waals surface area contributed by atoms with Crippen LogP contribution in [0.5, 0.6) is 0 Å². The minimum atomic E-state index is 0.286. The number of nitrogens with zero attached hydrogens (tertiary/aromatic N) is 1. The highest BCUT2D eigenvalue weighted by Gasteiger charge is 2.02. The first kappa shape index (κ1) is 11.2. The zero-order valence-electron chi connectivity index (χ0n) is 8.05. The van der Waals surface area contributed by atoms with Crippen molar-refractivity contribution in [2.24, 2.45) is 5.92 Å². The molecule has 0 aromatic rings. The predicted molar refractivity (Wildman–Crippen MR) is 52.7 cm³/mol. The van der Waals surface area contributed by atoms with Gasteiger partial charge in [0.05, 0.1) is 6.07 Å². The van der Waals surface area contributed by atoms with Gasteiger partial charge in [0, 0.05) is 5.92 Å². The van der Waals surface area contributed by atoms with Gasteiger partial charge in [-0.1, -0.05) is 25.8 Å². The third-order valence-corrected chi connectivity index (χ3v) is 2.14. The third kappa shape index (κ3) is 5.97. The lowest BCUT2D eigenvalue weighted by molar-refractivity contribution is 0.530. The Labute approximate surface area is 76.1 Å². The second kappa shape index (κ2) is 8.33. The Balaban J connectivity index is 3.18. The summed E-state index contributed by atoms with van der Waals surface area (Å²) in [6, 6.07) is 2.32.